The van der Waals surface area contributed by atoms with Crippen LogP contribution in [0.5, 0.6) is 0 Å². The number of H-pyrrole nitrogens is 2. The van der Waals surface area contributed by atoms with Crippen LogP contribution in [0.15, 0.2) is 69.3 Å². The lowest BCUT2D eigenvalue weighted by Gasteiger charge is -2.11. The third-order valence-electron chi connectivity index (χ3n) is 4.44. The summed E-state index contributed by atoms with van der Waals surface area (Å²) in [6.45, 7) is 1.98. The minimum Gasteiger partial charge on any atom is -0.311 e. The van der Waals surface area contributed by atoms with Crippen molar-refractivity contribution >= 4 is 11.8 Å². The number of nitrogens with zero attached hydrogens (tertiary/aromatic N) is 3. The van der Waals surface area contributed by atoms with Gasteiger partial charge in [-0.2, -0.15) is 0 Å². The maximum atomic E-state index is 14.0. The number of hydrogen-bond donors (Lipinski definition) is 2. The number of hydrogen-bond acceptors (Lipinski definition) is 5. The van der Waals surface area contributed by atoms with Gasteiger partial charge >= 0.3 is 5.69 Å². The summed E-state index contributed by atoms with van der Waals surface area (Å²) in [5, 5.41) is 9.15. The molecular weight excluding hydrogens is 405 g/mol. The fraction of sp³-hybridized carbons (Fsp3) is 0.143. The van der Waals surface area contributed by atoms with Gasteiger partial charge in [0.05, 0.1) is 0 Å². The Morgan fingerprint density at radius 1 is 1.03 bits per heavy atom. The van der Waals surface area contributed by atoms with Gasteiger partial charge in [-0.1, -0.05) is 42.1 Å². The first-order valence-corrected chi connectivity index (χ1v) is 10.2. The quantitative estimate of drug-likeness (QED) is 0.465. The van der Waals surface area contributed by atoms with E-state index in [9.17, 15) is 14.0 Å². The van der Waals surface area contributed by atoms with E-state index < -0.39 is 11.2 Å². The molecule has 4 rings (SSSR count). The average molecular weight is 423 g/mol. The molecular formula is C21H18FN5O2S. The molecule has 0 aliphatic heterocycles. The highest BCUT2D eigenvalue weighted by atomic mass is 32.2. The molecule has 0 saturated heterocycles. The van der Waals surface area contributed by atoms with Gasteiger partial charge in [0.1, 0.15) is 11.6 Å². The van der Waals surface area contributed by atoms with Crippen LogP contribution in [0.4, 0.5) is 4.39 Å². The van der Waals surface area contributed by atoms with Gasteiger partial charge in [0, 0.05) is 29.6 Å². The summed E-state index contributed by atoms with van der Waals surface area (Å²) in [6.07, 6.45) is 0.209. The Bertz CT molecular complexity index is 1280. The van der Waals surface area contributed by atoms with E-state index in [1.807, 2.05) is 35.8 Å². The predicted molar refractivity (Wildman–Crippen MR) is 113 cm³/mol. The average Bonchev–Trinajstić information content (AvgIpc) is 3.09. The van der Waals surface area contributed by atoms with Crippen molar-refractivity contribution in [1.29, 1.82) is 0 Å². The van der Waals surface area contributed by atoms with Gasteiger partial charge < -0.3 is 4.98 Å². The molecule has 4 aromatic rings. The van der Waals surface area contributed by atoms with Crippen molar-refractivity contribution in [2.75, 3.05) is 0 Å². The lowest BCUT2D eigenvalue weighted by Crippen LogP contribution is -2.23. The van der Waals surface area contributed by atoms with E-state index in [0.717, 1.165) is 11.3 Å². The van der Waals surface area contributed by atoms with Gasteiger partial charge in [-0.05, 0) is 36.2 Å². The summed E-state index contributed by atoms with van der Waals surface area (Å²) in [5.41, 5.74) is 1.84. The maximum absolute atomic E-state index is 14.0. The Morgan fingerprint density at radius 2 is 1.87 bits per heavy atom. The van der Waals surface area contributed by atoms with Crippen molar-refractivity contribution in [2.24, 2.45) is 0 Å². The summed E-state index contributed by atoms with van der Waals surface area (Å²) >= 11 is 1.36. The Kier molecular flexibility index (Phi) is 5.62. The fourth-order valence-electron chi connectivity index (χ4n) is 3.08. The van der Waals surface area contributed by atoms with Gasteiger partial charge in [0.15, 0.2) is 5.16 Å². The lowest BCUT2D eigenvalue weighted by atomic mass is 10.2. The second-order valence-corrected chi connectivity index (χ2v) is 7.69. The Morgan fingerprint density at radius 3 is 2.63 bits per heavy atom. The number of benzene rings is 2. The first kappa shape index (κ1) is 19.8. The topological polar surface area (TPSA) is 96.4 Å². The maximum Gasteiger partial charge on any atom is 0.325 e. The van der Waals surface area contributed by atoms with Crippen LogP contribution in [0.25, 0.3) is 5.69 Å². The molecule has 30 heavy (non-hydrogen) atoms. The number of aromatic nitrogens is 5. The summed E-state index contributed by atoms with van der Waals surface area (Å²) < 4.78 is 15.9. The van der Waals surface area contributed by atoms with Crippen molar-refractivity contribution in [3.63, 3.8) is 0 Å². The van der Waals surface area contributed by atoms with E-state index in [2.05, 4.69) is 20.2 Å². The van der Waals surface area contributed by atoms with Crippen LogP contribution in [0.1, 0.15) is 22.6 Å². The largest absolute Gasteiger partial charge is 0.325 e. The van der Waals surface area contributed by atoms with Gasteiger partial charge in [-0.3, -0.25) is 14.3 Å². The van der Waals surface area contributed by atoms with Crippen LogP contribution in [-0.4, -0.2) is 24.7 Å². The number of aryl methyl sites for hydroxylation is 1. The van der Waals surface area contributed by atoms with Crippen molar-refractivity contribution in [2.45, 2.75) is 24.3 Å². The SMILES string of the molecule is Cc1cccc(-n2c(Cc3cc(=O)[nH]c(=O)[nH]3)nnc2SCc2ccccc2F)c1. The second kappa shape index (κ2) is 8.50. The number of nitrogens with one attached hydrogen (secondary N) is 2. The fourth-order valence-corrected chi connectivity index (χ4v) is 4.03. The highest BCUT2D eigenvalue weighted by Gasteiger charge is 2.16. The minimum atomic E-state index is -0.576. The van der Waals surface area contributed by atoms with E-state index in [1.165, 1.54) is 23.9 Å². The van der Waals surface area contributed by atoms with Gasteiger partial charge in [-0.25, -0.2) is 9.18 Å². The van der Waals surface area contributed by atoms with Crippen molar-refractivity contribution in [3.05, 3.63) is 104 Å². The number of rotatable bonds is 6. The predicted octanol–water partition coefficient (Wildman–Crippen LogP) is 2.97. The standard InChI is InChI=1S/C21H18FN5O2S/c1-13-5-4-7-16(9-13)27-18(10-15-11-19(28)24-20(29)23-15)25-26-21(27)30-12-14-6-2-3-8-17(14)22/h2-9,11H,10,12H2,1H3,(H2,23,24,28,29). The highest BCUT2D eigenvalue weighted by molar-refractivity contribution is 7.98. The highest BCUT2D eigenvalue weighted by Crippen LogP contribution is 2.27. The molecule has 0 aliphatic rings. The van der Waals surface area contributed by atoms with Crippen molar-refractivity contribution in [3.8, 4) is 5.69 Å². The molecule has 9 heteroatoms. The monoisotopic (exact) mass is 423 g/mol. The van der Waals surface area contributed by atoms with E-state index in [4.69, 9.17) is 0 Å². The number of halogens is 1. The molecule has 7 nitrogen and oxygen atoms in total. The Hall–Kier alpha value is -3.46. The molecule has 0 amide bonds. The summed E-state index contributed by atoms with van der Waals surface area (Å²) in [7, 11) is 0. The lowest BCUT2D eigenvalue weighted by molar-refractivity contribution is 0.617. The molecule has 0 unspecified atom stereocenters. The molecule has 0 aliphatic carbocycles. The first-order valence-electron chi connectivity index (χ1n) is 9.19. The molecule has 152 valence electrons. The van der Waals surface area contributed by atoms with Crippen molar-refractivity contribution < 1.29 is 4.39 Å². The number of aromatic amines is 2. The molecule has 0 radical (unpaired) electrons. The molecule has 2 N–H and O–H groups in total. The smallest absolute Gasteiger partial charge is 0.311 e. The molecule has 2 aromatic heterocycles. The Balaban J connectivity index is 1.72. The van der Waals surface area contributed by atoms with Crippen LogP contribution in [0.3, 0.4) is 0 Å². The normalized spacial score (nSPS) is 11.0. The molecule has 2 aromatic carbocycles. The summed E-state index contributed by atoms with van der Waals surface area (Å²) in [6, 6.07) is 15.7. The number of thioether (sulfide) groups is 1. The minimum absolute atomic E-state index is 0.209. The summed E-state index contributed by atoms with van der Waals surface area (Å²) in [4.78, 5) is 28.0. The van der Waals surface area contributed by atoms with Crippen LogP contribution in [0.2, 0.25) is 0 Å². The van der Waals surface area contributed by atoms with Gasteiger partial charge in [-0.15, -0.1) is 10.2 Å². The van der Waals surface area contributed by atoms with Crippen LogP contribution < -0.4 is 11.2 Å². The molecule has 0 atom stereocenters. The zero-order chi connectivity index (χ0) is 21.1. The van der Waals surface area contributed by atoms with E-state index in [1.54, 1.807) is 18.2 Å². The van der Waals surface area contributed by atoms with Crippen LogP contribution >= 0.6 is 11.8 Å². The van der Waals surface area contributed by atoms with Gasteiger partial charge in [0.2, 0.25) is 0 Å². The third-order valence-corrected chi connectivity index (χ3v) is 5.42. The zero-order valence-electron chi connectivity index (χ0n) is 16.1. The third kappa shape index (κ3) is 4.41. The van der Waals surface area contributed by atoms with Crippen LogP contribution in [-0.2, 0) is 12.2 Å². The zero-order valence-corrected chi connectivity index (χ0v) is 16.9. The molecule has 2 heterocycles. The molecule has 0 bridgehead atoms. The first-order chi connectivity index (χ1) is 14.5. The van der Waals surface area contributed by atoms with E-state index >= 15 is 0 Å². The van der Waals surface area contributed by atoms with Crippen LogP contribution in [0, 0.1) is 12.7 Å². The van der Waals surface area contributed by atoms with Crippen molar-refractivity contribution in [1.82, 2.24) is 24.7 Å². The van der Waals surface area contributed by atoms with Gasteiger partial charge in [0.25, 0.3) is 5.56 Å². The Labute approximate surface area is 175 Å². The van der Waals surface area contributed by atoms with E-state index in [0.29, 0.717) is 28.0 Å². The molecule has 0 saturated carbocycles. The van der Waals surface area contributed by atoms with E-state index in [-0.39, 0.29) is 12.2 Å². The second-order valence-electron chi connectivity index (χ2n) is 6.74. The molecule has 0 fully saturated rings. The summed E-state index contributed by atoms with van der Waals surface area (Å²) in [5.74, 6) is 0.671. The molecule has 0 spiro atoms.